The fourth-order valence-corrected chi connectivity index (χ4v) is 4.79. The molecule has 1 atom stereocenters. The summed E-state index contributed by atoms with van der Waals surface area (Å²) in [5.41, 5.74) is 2.21. The molecule has 0 fully saturated rings. The molecule has 0 aromatic carbocycles. The van der Waals surface area contributed by atoms with Crippen molar-refractivity contribution in [3.8, 4) is 0 Å². The first-order valence-corrected chi connectivity index (χ1v) is 9.31. The molecule has 0 spiro atoms. The molecule has 4 heterocycles. The van der Waals surface area contributed by atoms with Crippen LogP contribution in [0.2, 0.25) is 0 Å². The lowest BCUT2D eigenvalue weighted by molar-refractivity contribution is 0.918. The van der Waals surface area contributed by atoms with Crippen LogP contribution in [0, 0.1) is 0 Å². The van der Waals surface area contributed by atoms with Gasteiger partial charge in [0.25, 0.3) is 0 Å². The van der Waals surface area contributed by atoms with Gasteiger partial charge in [0, 0.05) is 17.2 Å². The van der Waals surface area contributed by atoms with Crippen molar-refractivity contribution in [2.24, 2.45) is 10.2 Å². The van der Waals surface area contributed by atoms with E-state index in [4.69, 9.17) is 0 Å². The van der Waals surface area contributed by atoms with Gasteiger partial charge in [0.1, 0.15) is 0 Å². The Hall–Kier alpha value is -1.56. The Balaban J connectivity index is 1.78. The first-order chi connectivity index (χ1) is 10.4. The molecule has 0 saturated heterocycles. The van der Waals surface area contributed by atoms with Gasteiger partial charge in [-0.3, -0.25) is 0 Å². The number of nitrogens with zero attached hydrogens (tertiary/aromatic N) is 2. The van der Waals surface area contributed by atoms with E-state index in [1.54, 1.807) is 34.0 Å². The molecule has 0 amide bonds. The molecule has 2 nitrogen and oxygen atoms in total. The van der Waals surface area contributed by atoms with Crippen LogP contribution in [0.1, 0.15) is 27.0 Å². The zero-order valence-electron chi connectivity index (χ0n) is 11.1. The molecule has 3 aromatic rings. The van der Waals surface area contributed by atoms with Gasteiger partial charge in [-0.15, -0.1) is 34.0 Å². The maximum absolute atomic E-state index is 4.58. The highest BCUT2D eigenvalue weighted by molar-refractivity contribution is 7.13. The normalized spacial score (nSPS) is 18.4. The van der Waals surface area contributed by atoms with Gasteiger partial charge in [0.05, 0.1) is 21.2 Å². The minimum atomic E-state index is 0.318. The molecule has 0 radical (unpaired) electrons. The van der Waals surface area contributed by atoms with Crippen LogP contribution in [0.25, 0.3) is 0 Å². The molecule has 4 rings (SSSR count). The van der Waals surface area contributed by atoms with Crippen LogP contribution in [0.3, 0.4) is 0 Å². The maximum atomic E-state index is 4.58. The number of hydrogen-bond acceptors (Lipinski definition) is 5. The maximum Gasteiger partial charge on any atom is 0.0889 e. The van der Waals surface area contributed by atoms with Crippen LogP contribution in [0.4, 0.5) is 0 Å². The van der Waals surface area contributed by atoms with Crippen molar-refractivity contribution in [3.05, 3.63) is 67.2 Å². The van der Waals surface area contributed by atoms with E-state index in [1.807, 2.05) is 0 Å². The monoisotopic (exact) mass is 328 g/mol. The van der Waals surface area contributed by atoms with Crippen molar-refractivity contribution in [1.82, 2.24) is 0 Å². The van der Waals surface area contributed by atoms with Gasteiger partial charge in [-0.2, -0.15) is 10.2 Å². The van der Waals surface area contributed by atoms with E-state index in [2.05, 4.69) is 62.7 Å². The fourth-order valence-electron chi connectivity index (χ4n) is 2.48. The third kappa shape index (κ3) is 2.52. The molecule has 1 aliphatic heterocycles. The SMILES string of the molecule is c1csc(C2=NN=C(c3cccs3)C(c3cccs3)C2)c1. The Morgan fingerprint density at radius 1 is 0.810 bits per heavy atom. The van der Waals surface area contributed by atoms with Crippen molar-refractivity contribution < 1.29 is 0 Å². The van der Waals surface area contributed by atoms with Crippen LogP contribution in [0.5, 0.6) is 0 Å². The molecular formula is C16H12N2S3. The van der Waals surface area contributed by atoms with Crippen molar-refractivity contribution in [2.75, 3.05) is 0 Å². The standard InChI is InChI=1S/C16H12N2S3/c1-4-13(19-7-1)11-10-12(14-5-2-8-20-14)17-18-16(11)15-6-3-9-21-15/h1-9,11H,10H2. The lowest BCUT2D eigenvalue weighted by Gasteiger charge is -2.20. The second-order valence-electron chi connectivity index (χ2n) is 4.76. The molecule has 104 valence electrons. The van der Waals surface area contributed by atoms with E-state index in [1.165, 1.54) is 14.6 Å². The van der Waals surface area contributed by atoms with Crippen molar-refractivity contribution in [3.63, 3.8) is 0 Å². The molecule has 0 bridgehead atoms. The molecule has 0 N–H and O–H groups in total. The highest BCUT2D eigenvalue weighted by atomic mass is 32.1. The summed E-state index contributed by atoms with van der Waals surface area (Å²) in [6, 6.07) is 12.7. The predicted molar refractivity (Wildman–Crippen MR) is 93.4 cm³/mol. The predicted octanol–water partition coefficient (Wildman–Crippen LogP) is 5.25. The molecule has 5 heteroatoms. The topological polar surface area (TPSA) is 24.7 Å². The zero-order valence-corrected chi connectivity index (χ0v) is 13.5. The van der Waals surface area contributed by atoms with Gasteiger partial charge in [0.15, 0.2) is 0 Å². The summed E-state index contributed by atoms with van der Waals surface area (Å²) in [5.74, 6) is 0.318. The Morgan fingerprint density at radius 3 is 2.19 bits per heavy atom. The highest BCUT2D eigenvalue weighted by Crippen LogP contribution is 2.34. The zero-order chi connectivity index (χ0) is 14.1. The number of rotatable bonds is 3. The number of thiophene rings is 3. The van der Waals surface area contributed by atoms with Crippen LogP contribution < -0.4 is 0 Å². The summed E-state index contributed by atoms with van der Waals surface area (Å²) in [6.07, 6.45) is 0.928. The van der Waals surface area contributed by atoms with Crippen LogP contribution in [0.15, 0.2) is 62.7 Å². The Bertz CT molecular complexity index is 766. The van der Waals surface area contributed by atoms with Gasteiger partial charge in [-0.1, -0.05) is 18.2 Å². The third-order valence-electron chi connectivity index (χ3n) is 3.47. The highest BCUT2D eigenvalue weighted by Gasteiger charge is 2.27. The van der Waals surface area contributed by atoms with Crippen molar-refractivity contribution in [2.45, 2.75) is 12.3 Å². The Morgan fingerprint density at radius 2 is 1.52 bits per heavy atom. The fraction of sp³-hybridized carbons (Fsp3) is 0.125. The first kappa shape index (κ1) is 13.1. The molecule has 1 aliphatic rings. The van der Waals surface area contributed by atoms with Crippen LogP contribution in [-0.4, -0.2) is 11.4 Å². The largest absolute Gasteiger partial charge is 0.154 e. The van der Waals surface area contributed by atoms with Gasteiger partial charge in [-0.05, 0) is 34.3 Å². The quantitative estimate of drug-likeness (QED) is 0.627. The summed E-state index contributed by atoms with van der Waals surface area (Å²) in [7, 11) is 0. The van der Waals surface area contributed by atoms with Crippen molar-refractivity contribution in [1.29, 1.82) is 0 Å². The van der Waals surface area contributed by atoms with E-state index >= 15 is 0 Å². The van der Waals surface area contributed by atoms with Crippen molar-refractivity contribution >= 4 is 45.4 Å². The third-order valence-corrected chi connectivity index (χ3v) is 6.27. The van der Waals surface area contributed by atoms with E-state index < -0.39 is 0 Å². The summed E-state index contributed by atoms with van der Waals surface area (Å²) in [4.78, 5) is 3.82. The number of hydrogen-bond donors (Lipinski definition) is 0. The van der Waals surface area contributed by atoms with Gasteiger partial charge in [-0.25, -0.2) is 0 Å². The average Bonchev–Trinajstić information content (AvgIpc) is 3.28. The molecule has 21 heavy (non-hydrogen) atoms. The average molecular weight is 328 g/mol. The summed E-state index contributed by atoms with van der Waals surface area (Å²) in [6.45, 7) is 0. The van der Waals surface area contributed by atoms with Gasteiger partial charge < -0.3 is 0 Å². The second kappa shape index (κ2) is 5.67. The first-order valence-electron chi connectivity index (χ1n) is 6.67. The van der Waals surface area contributed by atoms with E-state index in [0.717, 1.165) is 17.8 Å². The Labute approximate surface area is 135 Å². The molecule has 0 aliphatic carbocycles. The minimum Gasteiger partial charge on any atom is -0.154 e. The van der Waals surface area contributed by atoms with Crippen LogP contribution >= 0.6 is 34.0 Å². The Kier molecular flexibility index (Phi) is 3.55. The lowest BCUT2D eigenvalue weighted by atomic mass is 9.92. The van der Waals surface area contributed by atoms with Gasteiger partial charge >= 0.3 is 0 Å². The molecular weight excluding hydrogens is 316 g/mol. The van der Waals surface area contributed by atoms with Crippen LogP contribution in [-0.2, 0) is 0 Å². The summed E-state index contributed by atoms with van der Waals surface area (Å²) in [5, 5.41) is 15.4. The molecule has 0 saturated carbocycles. The second-order valence-corrected chi connectivity index (χ2v) is 7.63. The minimum absolute atomic E-state index is 0.318. The smallest absolute Gasteiger partial charge is 0.0889 e. The van der Waals surface area contributed by atoms with Gasteiger partial charge in [0.2, 0.25) is 0 Å². The van der Waals surface area contributed by atoms with E-state index in [0.29, 0.717) is 5.92 Å². The molecule has 1 unspecified atom stereocenters. The summed E-state index contributed by atoms with van der Waals surface area (Å²) < 4.78 is 0. The van der Waals surface area contributed by atoms with E-state index in [-0.39, 0.29) is 0 Å². The summed E-state index contributed by atoms with van der Waals surface area (Å²) >= 11 is 5.27. The van der Waals surface area contributed by atoms with E-state index in [9.17, 15) is 0 Å². The lowest BCUT2D eigenvalue weighted by Crippen LogP contribution is -2.20. The molecule has 3 aromatic heterocycles.